The topological polar surface area (TPSA) is 30.9 Å². The van der Waals surface area contributed by atoms with E-state index in [2.05, 4.69) is 76.7 Å². The summed E-state index contributed by atoms with van der Waals surface area (Å²) in [4.78, 5) is 0. The van der Waals surface area contributed by atoms with Crippen LogP contribution in [0.4, 0.5) is 5.69 Å². The summed E-state index contributed by atoms with van der Waals surface area (Å²) in [5.74, 6) is 0. The highest BCUT2D eigenvalue weighted by Gasteiger charge is 2.08. The average Bonchev–Trinajstić information content (AvgIpc) is 2.71. The minimum Gasteiger partial charge on any atom is -0.398 e. The van der Waals surface area contributed by atoms with E-state index < -0.39 is 0 Å². The van der Waals surface area contributed by atoms with Crippen molar-refractivity contribution in [2.45, 2.75) is 0 Å². The summed E-state index contributed by atoms with van der Waals surface area (Å²) in [6.07, 6.45) is 0. The van der Waals surface area contributed by atoms with Gasteiger partial charge in [0.25, 0.3) is 0 Å². The maximum Gasteiger partial charge on any atom is 0.0489 e. The van der Waals surface area contributed by atoms with Crippen LogP contribution in [0.15, 0.2) is 48.5 Å². The predicted octanol–water partition coefficient (Wildman–Crippen LogP) is 4.03. The number of nitrogens with zero attached hydrogens (tertiary/aromatic N) is 1. The first-order valence-electron chi connectivity index (χ1n) is 5.76. The van der Waals surface area contributed by atoms with Gasteiger partial charge in [-0.25, -0.2) is 0 Å². The lowest BCUT2D eigenvalue weighted by Gasteiger charge is -2.06. The van der Waals surface area contributed by atoms with Crippen molar-refractivity contribution in [2.24, 2.45) is 7.05 Å². The van der Waals surface area contributed by atoms with Gasteiger partial charge in [0.2, 0.25) is 0 Å². The Labute approximate surface area is 120 Å². The third-order valence-corrected chi connectivity index (χ3v) is 4.18. The van der Waals surface area contributed by atoms with E-state index in [0.717, 1.165) is 9.26 Å². The van der Waals surface area contributed by atoms with Crippen molar-refractivity contribution in [3.8, 4) is 11.3 Å². The minimum absolute atomic E-state index is 0.832. The fourth-order valence-electron chi connectivity index (χ4n) is 2.25. The molecule has 3 aromatic rings. The second-order valence-corrected chi connectivity index (χ2v) is 5.55. The molecule has 0 bridgehead atoms. The standard InChI is InChI=1S/C15H13IN2/c1-18-14-5-3-2-4-10(14)9-15(18)11-6-7-13(17)12(16)8-11/h2-9H,17H2,1H3. The first kappa shape index (κ1) is 11.6. The Morgan fingerprint density at radius 2 is 1.83 bits per heavy atom. The Kier molecular flexibility index (Phi) is 2.78. The van der Waals surface area contributed by atoms with Crippen LogP contribution in [-0.2, 0) is 7.05 Å². The van der Waals surface area contributed by atoms with Crippen LogP contribution in [0, 0.1) is 3.57 Å². The van der Waals surface area contributed by atoms with E-state index in [-0.39, 0.29) is 0 Å². The Morgan fingerprint density at radius 1 is 1.06 bits per heavy atom. The summed E-state index contributed by atoms with van der Waals surface area (Å²) in [7, 11) is 2.10. The molecule has 1 heterocycles. The van der Waals surface area contributed by atoms with E-state index in [9.17, 15) is 0 Å². The fourth-order valence-corrected chi connectivity index (χ4v) is 2.77. The molecule has 0 aliphatic rings. The molecule has 0 spiro atoms. The molecule has 0 aliphatic heterocycles. The number of nitrogen functional groups attached to an aromatic ring is 1. The van der Waals surface area contributed by atoms with Gasteiger partial charge in [-0.15, -0.1) is 0 Å². The zero-order valence-electron chi connectivity index (χ0n) is 10.0. The molecule has 0 amide bonds. The van der Waals surface area contributed by atoms with Crippen molar-refractivity contribution >= 4 is 39.2 Å². The summed E-state index contributed by atoms with van der Waals surface area (Å²) in [6.45, 7) is 0. The van der Waals surface area contributed by atoms with Crippen LogP contribution in [0.2, 0.25) is 0 Å². The SMILES string of the molecule is Cn1c(-c2ccc(N)c(I)c2)cc2ccccc21. The van der Waals surface area contributed by atoms with Gasteiger partial charge in [-0.2, -0.15) is 0 Å². The molecule has 18 heavy (non-hydrogen) atoms. The first-order valence-corrected chi connectivity index (χ1v) is 6.84. The molecule has 2 nitrogen and oxygen atoms in total. The molecule has 3 rings (SSSR count). The highest BCUT2D eigenvalue weighted by atomic mass is 127. The van der Waals surface area contributed by atoms with Crippen LogP contribution in [0.5, 0.6) is 0 Å². The second-order valence-electron chi connectivity index (χ2n) is 4.38. The van der Waals surface area contributed by atoms with Gasteiger partial charge >= 0.3 is 0 Å². The predicted molar refractivity (Wildman–Crippen MR) is 85.5 cm³/mol. The van der Waals surface area contributed by atoms with Gasteiger partial charge in [-0.3, -0.25) is 0 Å². The Morgan fingerprint density at radius 3 is 2.56 bits per heavy atom. The summed E-state index contributed by atoms with van der Waals surface area (Å²) in [5.41, 5.74) is 10.4. The first-order chi connectivity index (χ1) is 8.66. The number of nitrogens with two attached hydrogens (primary N) is 1. The van der Waals surface area contributed by atoms with Crippen LogP contribution < -0.4 is 5.73 Å². The molecule has 0 saturated carbocycles. The van der Waals surface area contributed by atoms with Gasteiger partial charge in [0.05, 0.1) is 0 Å². The van der Waals surface area contributed by atoms with E-state index in [0.29, 0.717) is 0 Å². The van der Waals surface area contributed by atoms with Crippen LogP contribution in [0.3, 0.4) is 0 Å². The molecule has 0 saturated heterocycles. The smallest absolute Gasteiger partial charge is 0.0489 e. The molecule has 0 fully saturated rings. The van der Waals surface area contributed by atoms with Gasteiger partial charge < -0.3 is 10.3 Å². The van der Waals surface area contributed by atoms with Crippen molar-refractivity contribution in [1.29, 1.82) is 0 Å². The largest absolute Gasteiger partial charge is 0.398 e. The Bertz CT molecular complexity index is 728. The molecule has 90 valence electrons. The normalized spacial score (nSPS) is 11.0. The number of hydrogen-bond acceptors (Lipinski definition) is 1. The molecular weight excluding hydrogens is 335 g/mol. The van der Waals surface area contributed by atoms with Crippen molar-refractivity contribution in [1.82, 2.24) is 4.57 Å². The molecular formula is C15H13IN2. The average molecular weight is 348 g/mol. The number of rotatable bonds is 1. The third-order valence-electron chi connectivity index (χ3n) is 3.25. The lowest BCUT2D eigenvalue weighted by molar-refractivity contribution is 0.978. The quantitative estimate of drug-likeness (QED) is 0.522. The number of halogens is 1. The highest BCUT2D eigenvalue weighted by molar-refractivity contribution is 14.1. The second kappa shape index (κ2) is 4.31. The van der Waals surface area contributed by atoms with Crippen molar-refractivity contribution in [2.75, 3.05) is 5.73 Å². The Balaban J connectivity index is 2.25. The lowest BCUT2D eigenvalue weighted by Crippen LogP contribution is -1.93. The van der Waals surface area contributed by atoms with Crippen LogP contribution in [-0.4, -0.2) is 4.57 Å². The van der Waals surface area contributed by atoms with Gasteiger partial charge in [0, 0.05) is 32.9 Å². The number of para-hydroxylation sites is 1. The number of benzene rings is 2. The van der Waals surface area contributed by atoms with E-state index in [1.807, 2.05) is 6.07 Å². The van der Waals surface area contributed by atoms with E-state index in [1.165, 1.54) is 22.2 Å². The highest BCUT2D eigenvalue weighted by Crippen LogP contribution is 2.29. The van der Waals surface area contributed by atoms with E-state index in [1.54, 1.807) is 0 Å². The van der Waals surface area contributed by atoms with Crippen molar-refractivity contribution in [3.63, 3.8) is 0 Å². The molecule has 1 aromatic heterocycles. The summed E-state index contributed by atoms with van der Waals surface area (Å²) in [5, 5.41) is 1.27. The molecule has 2 aromatic carbocycles. The van der Waals surface area contributed by atoms with Crippen molar-refractivity contribution in [3.05, 3.63) is 52.1 Å². The molecule has 2 N–H and O–H groups in total. The molecule has 0 unspecified atom stereocenters. The van der Waals surface area contributed by atoms with E-state index in [4.69, 9.17) is 5.73 Å². The molecule has 0 aliphatic carbocycles. The zero-order valence-corrected chi connectivity index (χ0v) is 12.2. The van der Waals surface area contributed by atoms with Crippen LogP contribution in [0.25, 0.3) is 22.2 Å². The number of anilines is 1. The van der Waals surface area contributed by atoms with Gasteiger partial charge in [-0.05, 0) is 52.4 Å². The number of hydrogen-bond donors (Lipinski definition) is 1. The van der Waals surface area contributed by atoms with Gasteiger partial charge in [0.1, 0.15) is 0 Å². The van der Waals surface area contributed by atoms with Crippen LogP contribution in [0.1, 0.15) is 0 Å². The molecule has 3 heteroatoms. The number of aromatic nitrogens is 1. The third kappa shape index (κ3) is 1.79. The minimum atomic E-state index is 0.832. The van der Waals surface area contributed by atoms with Gasteiger partial charge in [-0.1, -0.05) is 24.3 Å². The van der Waals surface area contributed by atoms with E-state index >= 15 is 0 Å². The van der Waals surface area contributed by atoms with Gasteiger partial charge in [0.15, 0.2) is 0 Å². The maximum atomic E-state index is 5.87. The molecule has 0 atom stereocenters. The van der Waals surface area contributed by atoms with Crippen molar-refractivity contribution < 1.29 is 0 Å². The summed E-state index contributed by atoms with van der Waals surface area (Å²) >= 11 is 2.27. The summed E-state index contributed by atoms with van der Waals surface area (Å²) < 4.78 is 3.31. The maximum absolute atomic E-state index is 5.87. The summed E-state index contributed by atoms with van der Waals surface area (Å²) in [6, 6.07) is 16.8. The lowest BCUT2D eigenvalue weighted by atomic mass is 10.1. The Hall–Kier alpha value is -1.49. The van der Waals surface area contributed by atoms with Crippen LogP contribution >= 0.6 is 22.6 Å². The fraction of sp³-hybridized carbons (Fsp3) is 0.0667. The monoisotopic (exact) mass is 348 g/mol. The molecule has 0 radical (unpaired) electrons. The number of fused-ring (bicyclic) bond motifs is 1. The number of aryl methyl sites for hydroxylation is 1. The zero-order chi connectivity index (χ0) is 12.7.